The summed E-state index contributed by atoms with van der Waals surface area (Å²) in [5, 5.41) is 9.27. The van der Waals surface area contributed by atoms with E-state index in [1.54, 1.807) is 18.2 Å². The van der Waals surface area contributed by atoms with Crippen molar-refractivity contribution in [3.05, 3.63) is 65.4 Å². The van der Waals surface area contributed by atoms with Crippen molar-refractivity contribution in [2.45, 2.75) is 6.18 Å². The van der Waals surface area contributed by atoms with Crippen LogP contribution in [0.4, 0.5) is 13.2 Å². The Morgan fingerprint density at radius 3 is 2.61 bits per heavy atom. The molecule has 0 aliphatic rings. The first-order valence-electron chi connectivity index (χ1n) is 9.04. The Morgan fingerprint density at radius 2 is 1.90 bits per heavy atom. The van der Waals surface area contributed by atoms with Crippen LogP contribution in [0, 0.1) is 11.8 Å². The second-order valence-corrected chi connectivity index (χ2v) is 6.26. The number of ether oxygens (including phenoxy) is 2. The van der Waals surface area contributed by atoms with Crippen molar-refractivity contribution in [2.24, 2.45) is 0 Å². The fourth-order valence-corrected chi connectivity index (χ4v) is 2.79. The van der Waals surface area contributed by atoms with E-state index in [9.17, 15) is 18.0 Å². The molecular weight excluding hydrogens is 411 g/mol. The molecule has 3 aromatic rings. The summed E-state index contributed by atoms with van der Waals surface area (Å²) >= 11 is 0. The van der Waals surface area contributed by atoms with Gasteiger partial charge in [-0.25, -0.2) is 0 Å². The van der Waals surface area contributed by atoms with Gasteiger partial charge in [-0.2, -0.15) is 18.3 Å². The largest absolute Gasteiger partial charge is 0.497 e. The maximum Gasteiger partial charge on any atom is 0.417 e. The normalized spacial score (nSPS) is 10.7. The van der Waals surface area contributed by atoms with Crippen molar-refractivity contribution >= 4 is 5.91 Å². The Bertz CT molecular complexity index is 1140. The van der Waals surface area contributed by atoms with Crippen LogP contribution in [0.1, 0.15) is 21.6 Å². The molecule has 0 saturated heterocycles. The maximum atomic E-state index is 13.0. The van der Waals surface area contributed by atoms with Gasteiger partial charge in [0.15, 0.2) is 0 Å². The molecule has 2 aromatic carbocycles. The van der Waals surface area contributed by atoms with Crippen LogP contribution in [-0.2, 0) is 6.18 Å². The monoisotopic (exact) mass is 429 g/mol. The molecule has 160 valence electrons. The Morgan fingerprint density at radius 1 is 1.13 bits per heavy atom. The quantitative estimate of drug-likeness (QED) is 0.604. The van der Waals surface area contributed by atoms with Crippen molar-refractivity contribution in [1.29, 1.82) is 0 Å². The van der Waals surface area contributed by atoms with Gasteiger partial charge in [-0.05, 0) is 36.4 Å². The molecule has 2 N–H and O–H groups in total. The number of rotatable bonds is 5. The van der Waals surface area contributed by atoms with E-state index in [-0.39, 0.29) is 17.8 Å². The Balaban J connectivity index is 1.70. The Kier molecular flexibility index (Phi) is 6.50. The van der Waals surface area contributed by atoms with Crippen molar-refractivity contribution < 1.29 is 27.4 Å². The summed E-state index contributed by atoms with van der Waals surface area (Å²) in [6.45, 7) is -0.137. The molecule has 31 heavy (non-hydrogen) atoms. The summed E-state index contributed by atoms with van der Waals surface area (Å²) in [4.78, 5) is 12.3. The molecule has 0 radical (unpaired) electrons. The molecule has 1 aromatic heterocycles. The minimum Gasteiger partial charge on any atom is -0.497 e. The predicted octanol–water partition coefficient (Wildman–Crippen LogP) is 3.89. The number of hydrogen-bond donors (Lipinski definition) is 2. The molecule has 6 nitrogen and oxygen atoms in total. The lowest BCUT2D eigenvalue weighted by atomic mass is 10.1. The molecule has 0 spiro atoms. The third-order valence-corrected chi connectivity index (χ3v) is 4.30. The van der Waals surface area contributed by atoms with Crippen molar-refractivity contribution in [3.8, 4) is 34.6 Å². The molecule has 0 aliphatic heterocycles. The molecule has 1 amide bonds. The van der Waals surface area contributed by atoms with Crippen molar-refractivity contribution in [2.75, 3.05) is 20.8 Å². The lowest BCUT2D eigenvalue weighted by Crippen LogP contribution is -2.23. The van der Waals surface area contributed by atoms with E-state index in [4.69, 9.17) is 9.47 Å². The van der Waals surface area contributed by atoms with E-state index < -0.39 is 17.6 Å². The first kappa shape index (κ1) is 21.8. The number of nitrogens with one attached hydrogen (secondary N) is 2. The summed E-state index contributed by atoms with van der Waals surface area (Å²) in [7, 11) is 3.05. The van der Waals surface area contributed by atoms with Gasteiger partial charge >= 0.3 is 6.18 Å². The van der Waals surface area contributed by atoms with E-state index in [1.807, 2.05) is 0 Å². The van der Waals surface area contributed by atoms with Gasteiger partial charge in [-0.3, -0.25) is 9.89 Å². The number of methoxy groups -OCH3 is 2. The standard InChI is InChI=1S/C22H18F3N3O3/c1-30-15-9-10-20(31-2)16(12-15)18-13-19(28-27-18)21(29)26-11-5-7-14-6-3-4-8-17(14)22(23,24)25/h3-4,6,8-10,12-13H,11H2,1-2H3,(H,26,29)(H,27,28). The first-order valence-corrected chi connectivity index (χ1v) is 9.04. The number of carbonyl (C=O) groups is 1. The number of amides is 1. The van der Waals surface area contributed by atoms with E-state index >= 15 is 0 Å². The summed E-state index contributed by atoms with van der Waals surface area (Å²) in [6, 6.07) is 11.7. The molecule has 1 heterocycles. The number of alkyl halides is 3. The maximum absolute atomic E-state index is 13.0. The van der Waals surface area contributed by atoms with Crippen LogP contribution in [-0.4, -0.2) is 36.9 Å². The van der Waals surface area contributed by atoms with Crippen LogP contribution in [0.3, 0.4) is 0 Å². The topological polar surface area (TPSA) is 76.2 Å². The van der Waals surface area contributed by atoms with Crippen LogP contribution in [0.2, 0.25) is 0 Å². The number of H-pyrrole nitrogens is 1. The fourth-order valence-electron chi connectivity index (χ4n) is 2.79. The lowest BCUT2D eigenvalue weighted by Gasteiger charge is -2.08. The van der Waals surface area contributed by atoms with Gasteiger partial charge in [0.1, 0.15) is 17.2 Å². The minimum atomic E-state index is -4.50. The number of aromatic nitrogens is 2. The van der Waals surface area contributed by atoms with Crippen LogP contribution in [0.25, 0.3) is 11.3 Å². The fraction of sp³-hybridized carbons (Fsp3) is 0.182. The first-order chi connectivity index (χ1) is 14.8. The number of benzene rings is 2. The Labute approximate surface area is 176 Å². The lowest BCUT2D eigenvalue weighted by molar-refractivity contribution is -0.137. The number of carbonyl (C=O) groups excluding carboxylic acids is 1. The van der Waals surface area contributed by atoms with Gasteiger partial charge in [-0.15, -0.1) is 0 Å². The highest BCUT2D eigenvalue weighted by Gasteiger charge is 2.32. The van der Waals surface area contributed by atoms with E-state index in [0.29, 0.717) is 22.8 Å². The van der Waals surface area contributed by atoms with Gasteiger partial charge in [0.05, 0.1) is 32.0 Å². The number of nitrogens with zero attached hydrogens (tertiary/aromatic N) is 1. The van der Waals surface area contributed by atoms with E-state index in [2.05, 4.69) is 27.4 Å². The summed E-state index contributed by atoms with van der Waals surface area (Å²) in [6.07, 6.45) is -4.50. The number of aromatic amines is 1. The highest BCUT2D eigenvalue weighted by molar-refractivity contribution is 5.93. The zero-order valence-corrected chi connectivity index (χ0v) is 16.6. The average Bonchev–Trinajstić information content (AvgIpc) is 3.26. The summed E-state index contributed by atoms with van der Waals surface area (Å²) in [5.74, 6) is 5.62. The summed E-state index contributed by atoms with van der Waals surface area (Å²) in [5.41, 5.74) is 0.279. The van der Waals surface area contributed by atoms with E-state index in [1.165, 1.54) is 38.5 Å². The molecule has 0 aliphatic carbocycles. The number of hydrogen-bond acceptors (Lipinski definition) is 4. The second kappa shape index (κ2) is 9.26. The third-order valence-electron chi connectivity index (χ3n) is 4.30. The van der Waals surface area contributed by atoms with Gasteiger partial charge in [0, 0.05) is 11.1 Å². The van der Waals surface area contributed by atoms with Crippen LogP contribution >= 0.6 is 0 Å². The average molecular weight is 429 g/mol. The zero-order chi connectivity index (χ0) is 22.4. The molecule has 9 heteroatoms. The van der Waals surface area contributed by atoms with Crippen molar-refractivity contribution in [3.63, 3.8) is 0 Å². The SMILES string of the molecule is COc1ccc(OC)c(-c2cc(C(=O)NCC#Cc3ccccc3C(F)(F)F)[nH]n2)c1. The third kappa shape index (κ3) is 5.17. The molecule has 0 saturated carbocycles. The summed E-state index contributed by atoms with van der Waals surface area (Å²) < 4.78 is 49.5. The highest BCUT2D eigenvalue weighted by Crippen LogP contribution is 2.33. The molecular formula is C22H18F3N3O3. The smallest absolute Gasteiger partial charge is 0.417 e. The van der Waals surface area contributed by atoms with Gasteiger partial charge in [0.2, 0.25) is 0 Å². The molecule has 0 bridgehead atoms. The van der Waals surface area contributed by atoms with Crippen molar-refractivity contribution in [1.82, 2.24) is 15.5 Å². The molecule has 0 fully saturated rings. The predicted molar refractivity (Wildman–Crippen MR) is 108 cm³/mol. The zero-order valence-electron chi connectivity index (χ0n) is 16.6. The minimum absolute atomic E-state index is 0.137. The van der Waals surface area contributed by atoms with Gasteiger partial charge < -0.3 is 14.8 Å². The molecule has 3 rings (SSSR count). The number of halogens is 3. The Hall–Kier alpha value is -3.93. The van der Waals surface area contributed by atoms with Crippen LogP contribution in [0.5, 0.6) is 11.5 Å². The van der Waals surface area contributed by atoms with Crippen LogP contribution in [0.15, 0.2) is 48.5 Å². The highest BCUT2D eigenvalue weighted by atomic mass is 19.4. The van der Waals surface area contributed by atoms with Gasteiger partial charge in [0.25, 0.3) is 5.91 Å². The molecule has 0 atom stereocenters. The second-order valence-electron chi connectivity index (χ2n) is 6.26. The van der Waals surface area contributed by atoms with E-state index in [0.717, 1.165) is 6.07 Å². The molecule has 0 unspecified atom stereocenters. The van der Waals surface area contributed by atoms with Gasteiger partial charge in [-0.1, -0.05) is 24.0 Å². The van der Waals surface area contributed by atoms with Crippen LogP contribution < -0.4 is 14.8 Å².